The van der Waals surface area contributed by atoms with Gasteiger partial charge in [0.15, 0.2) is 0 Å². The smallest absolute Gasteiger partial charge is 0.119 e. The molecule has 0 saturated carbocycles. The summed E-state index contributed by atoms with van der Waals surface area (Å²) in [7, 11) is 0. The fourth-order valence-electron chi connectivity index (χ4n) is 3.18. The third kappa shape index (κ3) is 11.2. The number of allylic oxidation sites excluding steroid dienone is 2. The van der Waals surface area contributed by atoms with Crippen LogP contribution in [0.5, 0.6) is 11.5 Å². The molecule has 0 spiro atoms. The number of phenolic OH excluding ortho intramolecular Hbond substituents is 2. The molecule has 0 aliphatic rings. The summed E-state index contributed by atoms with van der Waals surface area (Å²) in [6.45, 7) is 2.23. The number of hydrogen-bond donors (Lipinski definition) is 3. The number of aromatic hydroxyl groups is 2. The number of phenols is 2. The van der Waals surface area contributed by atoms with Gasteiger partial charge >= 0.3 is 0 Å². The zero-order valence-corrected chi connectivity index (χ0v) is 16.5. The second-order valence-corrected chi connectivity index (χ2v) is 7.34. The van der Waals surface area contributed by atoms with E-state index in [1.807, 2.05) is 0 Å². The second-order valence-electron chi connectivity index (χ2n) is 7.34. The van der Waals surface area contributed by atoms with Crippen molar-refractivity contribution in [3.05, 3.63) is 35.9 Å². The lowest BCUT2D eigenvalue weighted by molar-refractivity contribution is 0.160. The van der Waals surface area contributed by atoms with E-state index < -0.39 is 6.10 Å². The predicted octanol–water partition coefficient (Wildman–Crippen LogP) is 6.26. The van der Waals surface area contributed by atoms with Crippen LogP contribution in [-0.2, 0) is 6.42 Å². The predicted molar refractivity (Wildman–Crippen MR) is 110 cm³/mol. The number of aliphatic hydroxyl groups excluding tert-OH is 1. The molecule has 3 heteroatoms. The highest BCUT2D eigenvalue weighted by Crippen LogP contribution is 2.24. The van der Waals surface area contributed by atoms with Crippen molar-refractivity contribution in [3.8, 4) is 11.5 Å². The molecule has 3 nitrogen and oxygen atoms in total. The molecule has 0 fully saturated rings. The molecule has 0 heterocycles. The van der Waals surface area contributed by atoms with Gasteiger partial charge < -0.3 is 15.3 Å². The van der Waals surface area contributed by atoms with Crippen LogP contribution in [0.2, 0.25) is 0 Å². The summed E-state index contributed by atoms with van der Waals surface area (Å²) >= 11 is 0. The van der Waals surface area contributed by atoms with Crippen molar-refractivity contribution < 1.29 is 15.3 Å². The Balaban J connectivity index is 1.95. The fourth-order valence-corrected chi connectivity index (χ4v) is 3.18. The number of aliphatic hydroxyl groups is 1. The van der Waals surface area contributed by atoms with E-state index in [4.69, 9.17) is 0 Å². The minimum atomic E-state index is -0.456. The average molecular weight is 363 g/mol. The van der Waals surface area contributed by atoms with Crippen LogP contribution in [0.15, 0.2) is 30.4 Å². The molecular weight excluding hydrogens is 324 g/mol. The van der Waals surface area contributed by atoms with Crippen LogP contribution < -0.4 is 0 Å². The molecule has 0 aliphatic carbocycles. The van der Waals surface area contributed by atoms with E-state index in [1.165, 1.54) is 76.0 Å². The van der Waals surface area contributed by atoms with E-state index in [0.717, 1.165) is 19.3 Å². The number of unbranched alkanes of at least 4 members (excludes halogenated alkanes) is 9. The zero-order valence-electron chi connectivity index (χ0n) is 16.5. The molecule has 3 N–H and O–H groups in total. The van der Waals surface area contributed by atoms with Crippen molar-refractivity contribution in [2.24, 2.45) is 0 Å². The lowest BCUT2D eigenvalue weighted by atomic mass is 10.0. The molecule has 0 radical (unpaired) electrons. The maximum atomic E-state index is 10.1. The molecule has 0 amide bonds. The Labute approximate surface area is 159 Å². The number of hydrogen-bond acceptors (Lipinski definition) is 3. The summed E-state index contributed by atoms with van der Waals surface area (Å²) in [5.74, 6) is 0.267. The Morgan fingerprint density at radius 3 is 2.15 bits per heavy atom. The van der Waals surface area contributed by atoms with Crippen LogP contribution in [0.3, 0.4) is 0 Å². The molecule has 1 rings (SSSR count). The minimum Gasteiger partial charge on any atom is -0.508 e. The van der Waals surface area contributed by atoms with Gasteiger partial charge in [0.1, 0.15) is 11.5 Å². The highest BCUT2D eigenvalue weighted by Gasteiger charge is 2.09. The molecule has 1 aromatic carbocycles. The Bertz CT molecular complexity index is 496. The minimum absolute atomic E-state index is 0.126. The van der Waals surface area contributed by atoms with Crippen molar-refractivity contribution in [1.29, 1.82) is 0 Å². The normalized spacial score (nSPS) is 12.7. The standard InChI is InChI=1S/C23H38O3/c1-2-3-4-5-6-7-8-9-10-11-12-13-14-15-21(24)18-20-19-22(25)16-17-23(20)26/h5-6,16-17,19,21,24-26H,2-4,7-15,18H2,1H3/b6-5-/t21-/m0/s1. The van der Waals surface area contributed by atoms with Gasteiger partial charge in [-0.2, -0.15) is 0 Å². The van der Waals surface area contributed by atoms with Gasteiger partial charge in [0.25, 0.3) is 0 Å². The summed E-state index contributed by atoms with van der Waals surface area (Å²) in [5, 5.41) is 29.3. The van der Waals surface area contributed by atoms with Gasteiger partial charge in [0.05, 0.1) is 6.10 Å². The van der Waals surface area contributed by atoms with Crippen molar-refractivity contribution in [2.45, 2.75) is 96.5 Å². The molecular formula is C23H38O3. The summed E-state index contributed by atoms with van der Waals surface area (Å²) in [6, 6.07) is 4.45. The summed E-state index contributed by atoms with van der Waals surface area (Å²) in [4.78, 5) is 0. The van der Waals surface area contributed by atoms with E-state index in [2.05, 4.69) is 19.1 Å². The molecule has 0 aliphatic heterocycles. The quantitative estimate of drug-likeness (QED) is 0.196. The highest BCUT2D eigenvalue weighted by atomic mass is 16.3. The van der Waals surface area contributed by atoms with Crippen LogP contribution in [0.4, 0.5) is 0 Å². The zero-order chi connectivity index (χ0) is 19.0. The van der Waals surface area contributed by atoms with Gasteiger partial charge in [0.2, 0.25) is 0 Å². The van der Waals surface area contributed by atoms with Crippen LogP contribution in [-0.4, -0.2) is 21.4 Å². The maximum absolute atomic E-state index is 10.1. The molecule has 1 aromatic rings. The molecule has 0 aromatic heterocycles. The van der Waals surface area contributed by atoms with Gasteiger partial charge in [-0.1, -0.05) is 70.4 Å². The van der Waals surface area contributed by atoms with E-state index in [0.29, 0.717) is 12.0 Å². The van der Waals surface area contributed by atoms with Crippen LogP contribution >= 0.6 is 0 Å². The van der Waals surface area contributed by atoms with Crippen molar-refractivity contribution in [2.75, 3.05) is 0 Å². The van der Waals surface area contributed by atoms with Gasteiger partial charge in [-0.3, -0.25) is 0 Å². The Hall–Kier alpha value is -1.48. The van der Waals surface area contributed by atoms with Crippen LogP contribution in [0.1, 0.15) is 89.5 Å². The van der Waals surface area contributed by atoms with Gasteiger partial charge in [-0.25, -0.2) is 0 Å². The highest BCUT2D eigenvalue weighted by molar-refractivity contribution is 5.38. The maximum Gasteiger partial charge on any atom is 0.119 e. The van der Waals surface area contributed by atoms with Crippen LogP contribution in [0.25, 0.3) is 0 Å². The Morgan fingerprint density at radius 1 is 0.846 bits per heavy atom. The van der Waals surface area contributed by atoms with Crippen molar-refractivity contribution in [1.82, 2.24) is 0 Å². The van der Waals surface area contributed by atoms with E-state index in [-0.39, 0.29) is 11.5 Å². The monoisotopic (exact) mass is 362 g/mol. The Morgan fingerprint density at radius 2 is 1.46 bits per heavy atom. The first-order chi connectivity index (χ1) is 12.6. The van der Waals surface area contributed by atoms with E-state index in [9.17, 15) is 15.3 Å². The third-order valence-electron chi connectivity index (χ3n) is 4.82. The summed E-state index contributed by atoms with van der Waals surface area (Å²) in [5.41, 5.74) is 0.612. The summed E-state index contributed by atoms with van der Waals surface area (Å²) < 4.78 is 0. The van der Waals surface area contributed by atoms with Gasteiger partial charge in [0, 0.05) is 12.0 Å². The lowest BCUT2D eigenvalue weighted by Gasteiger charge is -2.12. The topological polar surface area (TPSA) is 60.7 Å². The molecule has 0 bridgehead atoms. The molecule has 0 unspecified atom stereocenters. The summed E-state index contributed by atoms with van der Waals surface area (Å²) in [6.07, 6.45) is 19.0. The lowest BCUT2D eigenvalue weighted by Crippen LogP contribution is -2.10. The van der Waals surface area contributed by atoms with Crippen molar-refractivity contribution in [3.63, 3.8) is 0 Å². The number of benzene rings is 1. The van der Waals surface area contributed by atoms with Crippen molar-refractivity contribution >= 4 is 0 Å². The second kappa shape index (κ2) is 14.7. The average Bonchev–Trinajstić information content (AvgIpc) is 2.62. The fraction of sp³-hybridized carbons (Fsp3) is 0.652. The first-order valence-electron chi connectivity index (χ1n) is 10.5. The molecule has 26 heavy (non-hydrogen) atoms. The molecule has 1 atom stereocenters. The molecule has 0 saturated heterocycles. The van der Waals surface area contributed by atoms with E-state index >= 15 is 0 Å². The first-order valence-corrected chi connectivity index (χ1v) is 10.5. The largest absolute Gasteiger partial charge is 0.508 e. The van der Waals surface area contributed by atoms with E-state index in [1.54, 1.807) is 0 Å². The SMILES string of the molecule is CCCC/C=C\CCCCCCCCC[C@H](O)Cc1cc(O)ccc1O. The van der Waals surface area contributed by atoms with Gasteiger partial charge in [-0.05, 0) is 43.9 Å². The number of rotatable bonds is 15. The van der Waals surface area contributed by atoms with Crippen LogP contribution in [0, 0.1) is 0 Å². The first kappa shape index (κ1) is 22.6. The molecule has 148 valence electrons. The Kier molecular flexibility index (Phi) is 12.7. The van der Waals surface area contributed by atoms with Gasteiger partial charge in [-0.15, -0.1) is 0 Å². The third-order valence-corrected chi connectivity index (χ3v) is 4.82.